The van der Waals surface area contributed by atoms with E-state index < -0.39 is 8.07 Å². The molecule has 0 saturated carbocycles. The number of para-hydroxylation sites is 1. The fourth-order valence-electron chi connectivity index (χ4n) is 8.33. The summed E-state index contributed by atoms with van der Waals surface area (Å²) >= 11 is 0. The number of rotatable bonds is 8. The van der Waals surface area contributed by atoms with Gasteiger partial charge in [-0.15, -0.1) is 0 Å². The second-order valence-electron chi connectivity index (χ2n) is 17.8. The summed E-state index contributed by atoms with van der Waals surface area (Å²) in [5, 5.41) is 3.75. The van der Waals surface area contributed by atoms with Gasteiger partial charge in [0.05, 0.1) is 25.2 Å². The van der Waals surface area contributed by atoms with Crippen LogP contribution in [0.5, 0.6) is 0 Å². The van der Waals surface area contributed by atoms with Crippen LogP contribution in [0, 0.1) is 6.92 Å². The third kappa shape index (κ3) is 10.9. The van der Waals surface area contributed by atoms with Crippen LogP contribution in [-0.4, -0.2) is 23.0 Å². The van der Waals surface area contributed by atoms with Crippen LogP contribution < -0.4 is 5.19 Å². The smallest absolute Gasteiger partial charge is 0.144 e. The van der Waals surface area contributed by atoms with E-state index in [1.807, 2.05) is 54.9 Å². The number of hydrogen-bond acceptors (Lipinski definition) is 4. The molecule has 0 aliphatic heterocycles. The molecule has 0 spiro atoms. The normalized spacial score (nSPS) is 11.0. The second-order valence-corrected chi connectivity index (χ2v) is 22.8. The van der Waals surface area contributed by atoms with Gasteiger partial charge in [-0.25, -0.2) is 0 Å². The Labute approximate surface area is 405 Å². The molecule has 0 unspecified atom stereocenters. The van der Waals surface area contributed by atoms with Crippen molar-refractivity contribution in [2.45, 2.75) is 59.7 Å². The van der Waals surface area contributed by atoms with Crippen molar-refractivity contribution in [3.8, 4) is 56.0 Å². The van der Waals surface area contributed by atoms with Gasteiger partial charge in [0.2, 0.25) is 0 Å². The van der Waals surface area contributed by atoms with Crippen LogP contribution in [0.4, 0.5) is 0 Å². The molecule has 4 nitrogen and oxygen atoms in total. The minimum Gasteiger partial charge on any atom is -0.455 e. The van der Waals surface area contributed by atoms with Crippen LogP contribution in [0.25, 0.3) is 78.0 Å². The first kappa shape index (κ1) is 47.4. The molecule has 10 rings (SSSR count). The molecule has 0 amide bonds. The van der Waals surface area contributed by atoms with E-state index in [1.54, 1.807) is 0 Å². The topological polar surface area (TPSA) is 51.8 Å². The number of hydrogen-bond donors (Lipinski definition) is 0. The SMILES string of the molecule is CC(C)c1cc(-c2ccccc2)ncc1[Si](C)(C)C.CCc1ccnc(-c2ccccc2)c1.Cc1cc(-c2cccc3c2oc2cccc(-c4ccccc4)c23)ncc1-c1ccccc1.[Ir]. The number of pyridine rings is 3. The molecule has 1 radical (unpaired) electrons. The van der Waals surface area contributed by atoms with Crippen molar-refractivity contribution in [1.82, 2.24) is 15.0 Å². The van der Waals surface area contributed by atoms with Gasteiger partial charge in [-0.1, -0.05) is 186 Å². The van der Waals surface area contributed by atoms with Crippen molar-refractivity contribution in [3.05, 3.63) is 217 Å². The zero-order chi connectivity index (χ0) is 45.3. The minimum absolute atomic E-state index is 0. The number of fused-ring (bicyclic) bond motifs is 3. The Morgan fingerprint density at radius 3 is 1.61 bits per heavy atom. The molecule has 331 valence electrons. The minimum atomic E-state index is -1.33. The van der Waals surface area contributed by atoms with Crippen LogP contribution in [0.2, 0.25) is 19.6 Å². The molecule has 0 atom stereocenters. The van der Waals surface area contributed by atoms with Crippen LogP contribution in [0.15, 0.2) is 205 Å². The largest absolute Gasteiger partial charge is 0.455 e. The molecule has 6 heteroatoms. The van der Waals surface area contributed by atoms with Crippen molar-refractivity contribution in [2.75, 3.05) is 0 Å². The third-order valence-corrected chi connectivity index (χ3v) is 13.9. The van der Waals surface area contributed by atoms with Crippen molar-refractivity contribution in [3.63, 3.8) is 0 Å². The zero-order valence-corrected chi connectivity index (χ0v) is 42.3. The molecular weight excluding hydrogens is 999 g/mol. The summed E-state index contributed by atoms with van der Waals surface area (Å²) in [6.45, 7) is 16.0. The van der Waals surface area contributed by atoms with Gasteiger partial charge in [-0.05, 0) is 94.2 Å². The number of furan rings is 1. The number of nitrogens with zero attached hydrogens (tertiary/aromatic N) is 3. The van der Waals surface area contributed by atoms with E-state index in [0.717, 1.165) is 56.6 Å². The Morgan fingerprint density at radius 2 is 1.05 bits per heavy atom. The third-order valence-electron chi connectivity index (χ3n) is 11.8. The van der Waals surface area contributed by atoms with Gasteiger partial charge >= 0.3 is 0 Å². The molecular formula is C60H57IrN3OSi. The standard InChI is InChI=1S/C30H21NO.C17H23NSi.C13H13N.Ir/c1-20-18-27(31-19-26(20)22-12-6-3-7-13-22)24-15-8-16-25-29-23(21-10-4-2-5-11-21)14-9-17-28(29)32-30(24)25;1-13(2)15-11-16(14-9-7-6-8-10-14)18-12-17(15)19(3,4)5;1-2-11-8-9-14-13(10-11)12-6-4-3-5-7-12;/h2-19H,1H3;6-13H,1-5H3;3-10H,2H2,1H3;. The van der Waals surface area contributed by atoms with Gasteiger partial charge in [0, 0.05) is 71.7 Å². The fourth-order valence-corrected chi connectivity index (χ4v) is 10.0. The monoisotopic (exact) mass is 1060 g/mol. The predicted molar refractivity (Wildman–Crippen MR) is 278 cm³/mol. The molecule has 0 N–H and O–H groups in total. The van der Waals surface area contributed by atoms with Crippen LogP contribution in [0.3, 0.4) is 0 Å². The Morgan fingerprint density at radius 1 is 0.515 bits per heavy atom. The fraction of sp³-hybridized carbons (Fsp3) is 0.150. The van der Waals surface area contributed by atoms with Crippen LogP contribution >= 0.6 is 0 Å². The second kappa shape index (κ2) is 21.6. The molecule has 4 aromatic heterocycles. The molecule has 0 aliphatic carbocycles. The summed E-state index contributed by atoms with van der Waals surface area (Å²) in [4.78, 5) is 13.9. The van der Waals surface area contributed by atoms with Crippen LogP contribution in [-0.2, 0) is 26.5 Å². The summed E-state index contributed by atoms with van der Waals surface area (Å²) in [5.74, 6) is 0.548. The molecule has 10 aromatic rings. The van der Waals surface area contributed by atoms with Gasteiger partial charge in [-0.3, -0.25) is 15.0 Å². The van der Waals surface area contributed by atoms with Gasteiger partial charge < -0.3 is 4.42 Å². The van der Waals surface area contributed by atoms with Crippen molar-refractivity contribution in [2.24, 2.45) is 0 Å². The molecule has 6 aromatic carbocycles. The van der Waals surface area contributed by atoms with E-state index in [4.69, 9.17) is 14.4 Å². The quantitative estimate of drug-likeness (QED) is 0.142. The van der Waals surface area contributed by atoms with Crippen LogP contribution in [0.1, 0.15) is 43.4 Å². The summed E-state index contributed by atoms with van der Waals surface area (Å²) in [6.07, 6.45) is 7.02. The molecule has 0 fully saturated rings. The van der Waals surface area contributed by atoms with E-state index in [9.17, 15) is 0 Å². The summed E-state index contributed by atoms with van der Waals surface area (Å²) in [7, 11) is -1.33. The first-order chi connectivity index (χ1) is 31.6. The van der Waals surface area contributed by atoms with Gasteiger partial charge in [0.25, 0.3) is 0 Å². The maximum atomic E-state index is 6.41. The average Bonchev–Trinajstić information content (AvgIpc) is 3.74. The van der Waals surface area contributed by atoms with Crippen molar-refractivity contribution in [1.29, 1.82) is 0 Å². The molecule has 66 heavy (non-hydrogen) atoms. The van der Waals surface area contributed by atoms with E-state index in [0.29, 0.717) is 5.92 Å². The maximum Gasteiger partial charge on any atom is 0.144 e. The first-order valence-corrected chi connectivity index (χ1v) is 26.2. The number of aryl methyl sites for hydroxylation is 2. The number of benzene rings is 6. The summed E-state index contributed by atoms with van der Waals surface area (Å²) < 4.78 is 6.41. The number of aromatic nitrogens is 3. The summed E-state index contributed by atoms with van der Waals surface area (Å²) in [5.41, 5.74) is 16.9. The van der Waals surface area contributed by atoms with E-state index in [1.165, 1.54) is 49.7 Å². The Bertz CT molecular complexity index is 3150. The van der Waals surface area contributed by atoms with E-state index in [-0.39, 0.29) is 20.1 Å². The predicted octanol–water partition coefficient (Wildman–Crippen LogP) is 16.0. The van der Waals surface area contributed by atoms with E-state index in [2.05, 4.69) is 198 Å². The average molecular weight is 1060 g/mol. The van der Waals surface area contributed by atoms with Gasteiger partial charge in [0.15, 0.2) is 0 Å². The molecule has 0 aliphatic rings. The maximum absolute atomic E-state index is 6.41. The van der Waals surface area contributed by atoms with Gasteiger partial charge in [0.1, 0.15) is 11.2 Å². The Balaban J connectivity index is 0.000000162. The molecule has 0 bridgehead atoms. The summed E-state index contributed by atoms with van der Waals surface area (Å²) in [6, 6.07) is 62.8. The van der Waals surface area contributed by atoms with Crippen molar-refractivity contribution < 1.29 is 24.5 Å². The first-order valence-electron chi connectivity index (χ1n) is 22.7. The zero-order valence-electron chi connectivity index (χ0n) is 38.9. The van der Waals surface area contributed by atoms with E-state index >= 15 is 0 Å². The Hall–Kier alpha value is -6.56. The van der Waals surface area contributed by atoms with Crippen molar-refractivity contribution >= 4 is 35.2 Å². The molecule has 4 heterocycles. The van der Waals surface area contributed by atoms with Gasteiger partial charge in [-0.2, -0.15) is 0 Å². The molecule has 0 saturated heterocycles. The Kier molecular flexibility index (Phi) is 15.5.